The van der Waals surface area contributed by atoms with Crippen molar-refractivity contribution in [1.82, 2.24) is 9.62 Å². The first-order valence-electron chi connectivity index (χ1n) is 7.72. The molecule has 1 aliphatic rings. The second-order valence-electron chi connectivity index (χ2n) is 5.84. The number of nitrogens with zero attached hydrogens (tertiary/aromatic N) is 1. The highest BCUT2D eigenvalue weighted by Gasteiger charge is 2.21. The zero-order valence-corrected chi connectivity index (χ0v) is 14.3. The van der Waals surface area contributed by atoms with Gasteiger partial charge in [-0.3, -0.25) is 4.90 Å². The van der Waals surface area contributed by atoms with Crippen molar-refractivity contribution in [1.29, 1.82) is 0 Å². The number of piperidine rings is 1. The van der Waals surface area contributed by atoms with Gasteiger partial charge in [-0.2, -0.15) is 0 Å². The number of likely N-dealkylation sites (tertiary alicyclic amines) is 1. The highest BCUT2D eigenvalue weighted by molar-refractivity contribution is 7.89. The Bertz CT molecular complexity index is 367. The summed E-state index contributed by atoms with van der Waals surface area (Å²) in [4.78, 5) is 2.36. The van der Waals surface area contributed by atoms with Gasteiger partial charge in [0.05, 0.1) is 25.6 Å². The standard InChI is InChI=1S/C14H30N2O4S/c1-13-4-6-16(7-5-13)14(2)12-15-21(17,18)11-10-20-9-8-19-3/h13-15H,4-12H2,1-3H3. The summed E-state index contributed by atoms with van der Waals surface area (Å²) in [5.41, 5.74) is 0. The van der Waals surface area contributed by atoms with Gasteiger partial charge in [0.25, 0.3) is 0 Å². The molecule has 1 saturated heterocycles. The summed E-state index contributed by atoms with van der Waals surface area (Å²) < 4.78 is 36.4. The molecule has 0 bridgehead atoms. The van der Waals surface area contributed by atoms with Crippen molar-refractivity contribution in [2.75, 3.05) is 52.3 Å². The summed E-state index contributed by atoms with van der Waals surface area (Å²) in [5.74, 6) is 0.787. The van der Waals surface area contributed by atoms with Crippen molar-refractivity contribution in [3.63, 3.8) is 0 Å². The predicted octanol–water partition coefficient (Wildman–Crippen LogP) is 0.689. The first-order valence-corrected chi connectivity index (χ1v) is 9.38. The zero-order valence-electron chi connectivity index (χ0n) is 13.5. The smallest absolute Gasteiger partial charge is 0.213 e. The molecule has 0 aliphatic carbocycles. The molecule has 7 heteroatoms. The predicted molar refractivity (Wildman–Crippen MR) is 83.9 cm³/mol. The summed E-state index contributed by atoms with van der Waals surface area (Å²) in [5, 5.41) is 0. The Kier molecular flexibility index (Phi) is 8.73. The Morgan fingerprint density at radius 3 is 2.52 bits per heavy atom. The number of sulfonamides is 1. The van der Waals surface area contributed by atoms with Gasteiger partial charge in [-0.15, -0.1) is 0 Å². The number of nitrogens with one attached hydrogen (secondary N) is 1. The first-order chi connectivity index (χ1) is 9.94. The molecule has 0 amide bonds. The van der Waals surface area contributed by atoms with Gasteiger partial charge >= 0.3 is 0 Å². The van der Waals surface area contributed by atoms with Crippen LogP contribution in [-0.2, 0) is 19.5 Å². The largest absolute Gasteiger partial charge is 0.382 e. The Morgan fingerprint density at radius 2 is 1.90 bits per heavy atom. The number of rotatable bonds is 10. The molecule has 0 aromatic heterocycles. The maximum atomic E-state index is 11.9. The number of ether oxygens (including phenoxy) is 2. The molecule has 1 aliphatic heterocycles. The monoisotopic (exact) mass is 322 g/mol. The first kappa shape index (κ1) is 18.8. The molecule has 0 aromatic carbocycles. The zero-order chi connectivity index (χ0) is 15.7. The molecule has 0 radical (unpaired) electrons. The Balaban J connectivity index is 2.19. The molecular formula is C14H30N2O4S. The summed E-state index contributed by atoms with van der Waals surface area (Å²) >= 11 is 0. The van der Waals surface area contributed by atoms with E-state index in [4.69, 9.17) is 9.47 Å². The van der Waals surface area contributed by atoms with Gasteiger partial charge in [-0.05, 0) is 38.8 Å². The van der Waals surface area contributed by atoms with Crippen LogP contribution >= 0.6 is 0 Å². The molecule has 1 N–H and O–H groups in total. The third-order valence-electron chi connectivity index (χ3n) is 3.97. The van der Waals surface area contributed by atoms with Crippen molar-refractivity contribution in [3.05, 3.63) is 0 Å². The van der Waals surface area contributed by atoms with Crippen LogP contribution in [0.15, 0.2) is 0 Å². The molecular weight excluding hydrogens is 292 g/mol. The average Bonchev–Trinajstić information content (AvgIpc) is 2.45. The molecule has 1 atom stereocenters. The van der Waals surface area contributed by atoms with Crippen LogP contribution < -0.4 is 4.72 Å². The summed E-state index contributed by atoms with van der Waals surface area (Å²) in [6.07, 6.45) is 2.40. The second kappa shape index (κ2) is 9.74. The minimum absolute atomic E-state index is 0.000465. The lowest BCUT2D eigenvalue weighted by Gasteiger charge is -2.34. The van der Waals surface area contributed by atoms with E-state index in [9.17, 15) is 8.42 Å². The fourth-order valence-electron chi connectivity index (χ4n) is 2.33. The molecule has 1 fully saturated rings. The average molecular weight is 322 g/mol. The van der Waals surface area contributed by atoms with Crippen molar-refractivity contribution >= 4 is 10.0 Å². The lowest BCUT2D eigenvalue weighted by molar-refractivity contribution is 0.0784. The van der Waals surface area contributed by atoms with E-state index in [1.54, 1.807) is 7.11 Å². The quantitative estimate of drug-likeness (QED) is 0.599. The molecule has 1 heterocycles. The van der Waals surface area contributed by atoms with Crippen LogP contribution in [0, 0.1) is 5.92 Å². The summed E-state index contributed by atoms with van der Waals surface area (Å²) in [7, 11) is -1.67. The summed E-state index contributed by atoms with van der Waals surface area (Å²) in [6.45, 7) is 8.05. The minimum atomic E-state index is -3.26. The Labute approximate surface area is 129 Å². The van der Waals surface area contributed by atoms with Crippen molar-refractivity contribution in [2.24, 2.45) is 5.92 Å². The van der Waals surface area contributed by atoms with Crippen molar-refractivity contribution in [3.8, 4) is 0 Å². The van der Waals surface area contributed by atoms with E-state index in [2.05, 4.69) is 23.5 Å². The molecule has 21 heavy (non-hydrogen) atoms. The van der Waals surface area contributed by atoms with Gasteiger partial charge in [0.15, 0.2) is 0 Å². The SMILES string of the molecule is COCCOCCS(=O)(=O)NCC(C)N1CCC(C)CC1. The number of methoxy groups -OCH3 is 1. The topological polar surface area (TPSA) is 67.9 Å². The van der Waals surface area contributed by atoms with E-state index in [1.165, 1.54) is 12.8 Å². The van der Waals surface area contributed by atoms with Gasteiger partial charge in [0.1, 0.15) is 0 Å². The van der Waals surface area contributed by atoms with Gasteiger partial charge < -0.3 is 9.47 Å². The number of hydrogen-bond donors (Lipinski definition) is 1. The number of hydrogen-bond acceptors (Lipinski definition) is 5. The van der Waals surface area contributed by atoms with Gasteiger partial charge in [0.2, 0.25) is 10.0 Å². The maximum Gasteiger partial charge on any atom is 0.213 e. The molecule has 0 spiro atoms. The third-order valence-corrected chi connectivity index (χ3v) is 5.28. The minimum Gasteiger partial charge on any atom is -0.382 e. The lowest BCUT2D eigenvalue weighted by Crippen LogP contribution is -2.46. The Hall–Kier alpha value is -0.210. The van der Waals surface area contributed by atoms with Crippen LogP contribution in [0.25, 0.3) is 0 Å². The van der Waals surface area contributed by atoms with E-state index in [0.717, 1.165) is 19.0 Å². The van der Waals surface area contributed by atoms with Crippen LogP contribution in [0.4, 0.5) is 0 Å². The molecule has 0 saturated carbocycles. The van der Waals surface area contributed by atoms with Gasteiger partial charge in [0, 0.05) is 19.7 Å². The Morgan fingerprint density at radius 1 is 1.24 bits per heavy atom. The lowest BCUT2D eigenvalue weighted by atomic mass is 9.98. The fourth-order valence-corrected chi connectivity index (χ4v) is 3.31. The van der Waals surface area contributed by atoms with Crippen LogP contribution in [0.2, 0.25) is 0 Å². The highest BCUT2D eigenvalue weighted by atomic mass is 32.2. The van der Waals surface area contributed by atoms with Crippen LogP contribution in [-0.4, -0.2) is 71.7 Å². The molecule has 6 nitrogen and oxygen atoms in total. The van der Waals surface area contributed by atoms with E-state index >= 15 is 0 Å². The molecule has 126 valence electrons. The van der Waals surface area contributed by atoms with Crippen molar-refractivity contribution in [2.45, 2.75) is 32.7 Å². The molecule has 0 aromatic rings. The van der Waals surface area contributed by atoms with Crippen LogP contribution in [0.1, 0.15) is 26.7 Å². The van der Waals surface area contributed by atoms with Gasteiger partial charge in [-0.25, -0.2) is 13.1 Å². The normalized spacial score (nSPS) is 19.8. The van der Waals surface area contributed by atoms with Crippen molar-refractivity contribution < 1.29 is 17.9 Å². The van der Waals surface area contributed by atoms with Crippen LogP contribution in [0.3, 0.4) is 0 Å². The highest BCUT2D eigenvalue weighted by Crippen LogP contribution is 2.17. The molecule has 1 unspecified atom stereocenters. The summed E-state index contributed by atoms with van der Waals surface area (Å²) in [6, 6.07) is 0.238. The van der Waals surface area contributed by atoms with Gasteiger partial charge in [-0.1, -0.05) is 6.92 Å². The fraction of sp³-hybridized carbons (Fsp3) is 1.00. The van der Waals surface area contributed by atoms with E-state index in [1.807, 2.05) is 0 Å². The maximum absolute atomic E-state index is 11.9. The van der Waals surface area contributed by atoms with E-state index in [0.29, 0.717) is 19.8 Å². The van der Waals surface area contributed by atoms with Crippen LogP contribution in [0.5, 0.6) is 0 Å². The second-order valence-corrected chi connectivity index (χ2v) is 7.77. The third kappa shape index (κ3) is 8.11. The van der Waals surface area contributed by atoms with E-state index in [-0.39, 0.29) is 18.4 Å². The molecule has 1 rings (SSSR count). The van der Waals surface area contributed by atoms with E-state index < -0.39 is 10.0 Å².